The number of phenols is 1. The lowest BCUT2D eigenvalue weighted by molar-refractivity contribution is -0.162. The van der Waals surface area contributed by atoms with Gasteiger partial charge in [-0.2, -0.15) is 0 Å². The Kier molecular flexibility index (Phi) is 7.12. The van der Waals surface area contributed by atoms with Gasteiger partial charge in [-0.1, -0.05) is 6.07 Å². The van der Waals surface area contributed by atoms with E-state index in [1.165, 1.54) is 32.0 Å². The Morgan fingerprint density at radius 1 is 1.21 bits per heavy atom. The smallest absolute Gasteiger partial charge is 0.332 e. The molecule has 1 aliphatic heterocycles. The summed E-state index contributed by atoms with van der Waals surface area (Å²) in [6.07, 6.45) is -3.13. The summed E-state index contributed by atoms with van der Waals surface area (Å²) in [5, 5.41) is 14.7. The van der Waals surface area contributed by atoms with Gasteiger partial charge in [0.05, 0.1) is 17.7 Å². The van der Waals surface area contributed by atoms with E-state index in [1.54, 1.807) is 0 Å². The van der Waals surface area contributed by atoms with Gasteiger partial charge in [-0.05, 0) is 26.0 Å². The Morgan fingerprint density at radius 3 is 2.59 bits per heavy atom. The van der Waals surface area contributed by atoms with E-state index < -0.39 is 47.9 Å². The number of cyclic esters (lactones) is 2. The number of phenolic OH excluding ortho intramolecular Hbond substituents is 1. The highest BCUT2D eigenvalue weighted by Crippen LogP contribution is 2.27. The van der Waals surface area contributed by atoms with Crippen molar-refractivity contribution in [3.8, 4) is 5.75 Å². The molecule has 1 fully saturated rings. The molecule has 0 aromatic heterocycles. The van der Waals surface area contributed by atoms with Crippen molar-refractivity contribution in [3.05, 3.63) is 23.8 Å². The molecule has 1 aromatic rings. The number of rotatable bonds is 6. The number of anilines is 1. The lowest BCUT2D eigenvalue weighted by atomic mass is 10.1. The number of hydrogen-bond acceptors (Lipinski definition) is 9. The molecular formula is C18H20N2O9. The first-order chi connectivity index (χ1) is 13.8. The van der Waals surface area contributed by atoms with Crippen LogP contribution in [-0.2, 0) is 33.4 Å². The lowest BCUT2D eigenvalue weighted by Gasteiger charge is -2.24. The molecule has 156 valence electrons. The van der Waals surface area contributed by atoms with Gasteiger partial charge in [0, 0.05) is 0 Å². The van der Waals surface area contributed by atoms with Crippen LogP contribution in [0.5, 0.6) is 5.75 Å². The maximum absolute atomic E-state index is 12.6. The lowest BCUT2D eigenvalue weighted by Crippen LogP contribution is -2.50. The Labute approximate surface area is 165 Å². The van der Waals surface area contributed by atoms with Crippen LogP contribution in [0.2, 0.25) is 0 Å². The zero-order chi connectivity index (χ0) is 21.6. The molecule has 1 aliphatic rings. The molecular weight excluding hydrogens is 388 g/mol. The second kappa shape index (κ2) is 9.53. The Hall–Kier alpha value is -3.63. The topological polar surface area (TPSA) is 157 Å². The summed E-state index contributed by atoms with van der Waals surface area (Å²) in [6.45, 7) is 2.93. The number of esters is 2. The fourth-order valence-corrected chi connectivity index (χ4v) is 2.71. The van der Waals surface area contributed by atoms with Crippen LogP contribution in [0.15, 0.2) is 18.2 Å². The average molecular weight is 408 g/mol. The van der Waals surface area contributed by atoms with Gasteiger partial charge in [0.1, 0.15) is 18.3 Å². The second-order valence-electron chi connectivity index (χ2n) is 6.23. The molecule has 4 unspecified atom stereocenters. The quantitative estimate of drug-likeness (QED) is 0.252. The first-order valence-electron chi connectivity index (χ1n) is 8.60. The van der Waals surface area contributed by atoms with Gasteiger partial charge in [-0.15, -0.1) is 0 Å². The van der Waals surface area contributed by atoms with Crippen LogP contribution in [-0.4, -0.2) is 60.2 Å². The van der Waals surface area contributed by atoms with Crippen LogP contribution >= 0.6 is 0 Å². The fraction of sp³-hybridized carbons (Fsp3) is 0.389. The van der Waals surface area contributed by atoms with Crippen LogP contribution in [0.3, 0.4) is 0 Å². The normalized spacial score (nSPS) is 24.6. The summed E-state index contributed by atoms with van der Waals surface area (Å²) in [5.41, 5.74) is -0.232. The first-order valence-corrected chi connectivity index (χ1v) is 8.60. The van der Waals surface area contributed by atoms with E-state index in [1.807, 2.05) is 0 Å². The monoisotopic (exact) mass is 408 g/mol. The molecule has 0 aliphatic carbocycles. The zero-order valence-electron chi connectivity index (χ0n) is 15.6. The molecule has 11 heteroatoms. The Bertz CT molecular complexity index is 811. The van der Waals surface area contributed by atoms with Gasteiger partial charge < -0.3 is 30.0 Å². The number of benzene rings is 1. The number of carbonyl (C=O) groups excluding carboxylic acids is 5. The van der Waals surface area contributed by atoms with Crippen molar-refractivity contribution in [3.63, 3.8) is 0 Å². The largest absolute Gasteiger partial charge is 0.505 e. The minimum Gasteiger partial charge on any atom is -0.505 e. The maximum atomic E-state index is 12.6. The number of amides is 2. The van der Waals surface area contributed by atoms with E-state index in [-0.39, 0.29) is 24.1 Å². The molecule has 1 heterocycles. The summed E-state index contributed by atoms with van der Waals surface area (Å²) in [5.74, 6) is -3.05. The van der Waals surface area contributed by atoms with Crippen molar-refractivity contribution < 1.29 is 43.3 Å². The summed E-state index contributed by atoms with van der Waals surface area (Å²) < 4.78 is 15.1. The van der Waals surface area contributed by atoms with E-state index in [4.69, 9.17) is 14.2 Å². The predicted octanol–water partition coefficient (Wildman–Crippen LogP) is -0.132. The molecule has 3 N–H and O–H groups in total. The molecule has 0 bridgehead atoms. The van der Waals surface area contributed by atoms with Gasteiger partial charge in [0.2, 0.25) is 6.41 Å². The molecule has 4 atom stereocenters. The molecule has 0 radical (unpaired) electrons. The highest BCUT2D eigenvalue weighted by atomic mass is 16.6. The van der Waals surface area contributed by atoms with Crippen LogP contribution in [0.4, 0.5) is 5.69 Å². The third-order valence-electron chi connectivity index (χ3n) is 4.25. The zero-order valence-corrected chi connectivity index (χ0v) is 15.6. The standard InChI is InChI=1S/C18H20N2O9/c1-9-13(27-8-22)6-14(23)28-10(2)15(18(26)29-9)20-17(25)11-4-3-5-12(16(11)24)19-7-21/h3-5,7-10,13,15,24H,6H2,1-2H3,(H,19,21)(H,20,25). The van der Waals surface area contributed by atoms with Crippen LogP contribution < -0.4 is 10.6 Å². The second-order valence-corrected chi connectivity index (χ2v) is 6.23. The maximum Gasteiger partial charge on any atom is 0.332 e. The molecule has 2 rings (SSSR count). The predicted molar refractivity (Wildman–Crippen MR) is 95.7 cm³/mol. The molecule has 11 nitrogen and oxygen atoms in total. The van der Waals surface area contributed by atoms with Crippen molar-refractivity contribution in [2.24, 2.45) is 0 Å². The molecule has 1 saturated heterocycles. The molecule has 0 saturated carbocycles. The highest BCUT2D eigenvalue weighted by molar-refractivity contribution is 6.01. The minimum absolute atomic E-state index is 0.00774. The van der Waals surface area contributed by atoms with Gasteiger partial charge in [0.15, 0.2) is 11.8 Å². The van der Waals surface area contributed by atoms with Crippen molar-refractivity contribution in [2.75, 3.05) is 5.32 Å². The number of ether oxygens (including phenoxy) is 3. The van der Waals surface area contributed by atoms with Crippen LogP contribution in [0.1, 0.15) is 30.6 Å². The molecule has 1 aromatic carbocycles. The van der Waals surface area contributed by atoms with E-state index in [2.05, 4.69) is 10.6 Å². The van der Waals surface area contributed by atoms with Crippen molar-refractivity contribution in [2.45, 2.75) is 44.6 Å². The Morgan fingerprint density at radius 2 is 1.93 bits per heavy atom. The number of nitrogens with one attached hydrogen (secondary N) is 2. The summed E-state index contributed by atoms with van der Waals surface area (Å²) in [7, 11) is 0. The molecule has 29 heavy (non-hydrogen) atoms. The summed E-state index contributed by atoms with van der Waals surface area (Å²) >= 11 is 0. The third kappa shape index (κ3) is 5.21. The van der Waals surface area contributed by atoms with E-state index in [0.717, 1.165) is 0 Å². The number of aromatic hydroxyl groups is 1. The Balaban J connectivity index is 2.25. The molecule has 0 spiro atoms. The van der Waals surface area contributed by atoms with Gasteiger partial charge >= 0.3 is 11.9 Å². The summed E-state index contributed by atoms with van der Waals surface area (Å²) in [6, 6.07) is 2.66. The van der Waals surface area contributed by atoms with Gasteiger partial charge in [-0.25, -0.2) is 4.79 Å². The van der Waals surface area contributed by atoms with Crippen LogP contribution in [0.25, 0.3) is 0 Å². The van der Waals surface area contributed by atoms with Crippen molar-refractivity contribution >= 4 is 36.4 Å². The van der Waals surface area contributed by atoms with Gasteiger partial charge in [0.25, 0.3) is 12.4 Å². The number of hydrogen-bond donors (Lipinski definition) is 3. The fourth-order valence-electron chi connectivity index (χ4n) is 2.71. The third-order valence-corrected chi connectivity index (χ3v) is 4.25. The number of carbonyl (C=O) groups is 5. The number of para-hydroxylation sites is 1. The highest BCUT2D eigenvalue weighted by Gasteiger charge is 2.37. The van der Waals surface area contributed by atoms with E-state index >= 15 is 0 Å². The van der Waals surface area contributed by atoms with Gasteiger partial charge in [-0.3, -0.25) is 19.2 Å². The van der Waals surface area contributed by atoms with Crippen molar-refractivity contribution in [1.29, 1.82) is 0 Å². The van der Waals surface area contributed by atoms with Crippen LogP contribution in [0, 0.1) is 0 Å². The minimum atomic E-state index is -1.40. The SMILES string of the molecule is CC1OC(=O)C(NC(=O)c2cccc(NC=O)c2O)C(C)OC(=O)CC1OC=O. The summed E-state index contributed by atoms with van der Waals surface area (Å²) in [4.78, 5) is 58.3. The average Bonchev–Trinajstić information content (AvgIpc) is 2.69. The van der Waals surface area contributed by atoms with E-state index in [9.17, 15) is 29.1 Å². The van der Waals surface area contributed by atoms with E-state index in [0.29, 0.717) is 6.41 Å². The first kappa shape index (κ1) is 21.7. The molecule has 2 amide bonds. The van der Waals surface area contributed by atoms with Crippen molar-refractivity contribution in [1.82, 2.24) is 5.32 Å².